The maximum atomic E-state index is 11.7. The van der Waals surface area contributed by atoms with E-state index in [1.807, 2.05) is 0 Å². The number of amides is 2. The number of nitrogens with zero attached hydrogens (tertiary/aromatic N) is 1. The van der Waals surface area contributed by atoms with Crippen molar-refractivity contribution >= 4 is 34.3 Å². The Morgan fingerprint density at radius 3 is 2.00 bits per heavy atom. The Hall–Kier alpha value is -0.760. The van der Waals surface area contributed by atoms with Gasteiger partial charge in [-0.15, -0.1) is 0 Å². The summed E-state index contributed by atoms with van der Waals surface area (Å²) in [5.74, 6) is 0. The summed E-state index contributed by atoms with van der Waals surface area (Å²) in [6, 6.07) is 0. The van der Waals surface area contributed by atoms with Gasteiger partial charge in [-0.3, -0.25) is 0 Å². The lowest BCUT2D eigenvalue weighted by Gasteiger charge is -2.20. The third kappa shape index (κ3) is 9.29. The summed E-state index contributed by atoms with van der Waals surface area (Å²) < 4.78 is 9.24. The Labute approximate surface area is 116 Å². The predicted octanol–water partition coefficient (Wildman–Crippen LogP) is 3.33. The minimum absolute atomic E-state index is 0.414. The molecule has 2 N–H and O–H groups in total. The summed E-state index contributed by atoms with van der Waals surface area (Å²) in [7, 11) is 0. The molecule has 8 heteroatoms. The van der Waals surface area contributed by atoms with E-state index in [0.717, 1.165) is 25.7 Å². The van der Waals surface area contributed by atoms with E-state index in [1.54, 1.807) is 4.90 Å². The van der Waals surface area contributed by atoms with Crippen LogP contribution in [0, 0.1) is 0 Å². The van der Waals surface area contributed by atoms with Crippen molar-refractivity contribution in [2.45, 2.75) is 39.5 Å². The lowest BCUT2D eigenvalue weighted by atomic mass is 10.3. The zero-order valence-electron chi connectivity index (χ0n) is 10.7. The molecule has 18 heavy (non-hydrogen) atoms. The van der Waals surface area contributed by atoms with Crippen molar-refractivity contribution in [2.24, 2.45) is 5.73 Å². The minimum atomic E-state index is -0.919. The van der Waals surface area contributed by atoms with E-state index >= 15 is 0 Å². The Morgan fingerprint density at radius 1 is 1.06 bits per heavy atom. The molecule has 0 aromatic rings. The zero-order valence-corrected chi connectivity index (χ0v) is 12.3. The molecule has 0 aliphatic rings. The fraction of sp³-hybridized carbons (Fsp3) is 0.800. The van der Waals surface area contributed by atoms with Crippen molar-refractivity contribution in [1.29, 1.82) is 0 Å². The van der Waals surface area contributed by atoms with Gasteiger partial charge in [0, 0.05) is 13.1 Å². The predicted molar refractivity (Wildman–Crippen MR) is 73.7 cm³/mol. The van der Waals surface area contributed by atoms with Gasteiger partial charge in [-0.2, -0.15) is 0 Å². The molecule has 6 nitrogen and oxygen atoms in total. The minimum Gasteiger partial charge on any atom is -0.360 e. The van der Waals surface area contributed by atoms with Gasteiger partial charge < -0.3 is 19.0 Å². The molecule has 2 amide bonds. The molecule has 0 bridgehead atoms. The van der Waals surface area contributed by atoms with E-state index in [4.69, 9.17) is 9.92 Å². The number of unbranched alkanes of at least 4 members (excludes halogenated alkanes) is 2. The third-order valence-electron chi connectivity index (χ3n) is 2.07. The summed E-state index contributed by atoms with van der Waals surface area (Å²) in [5.41, 5.74) is 4.75. The molecule has 0 aliphatic carbocycles. The molecule has 0 fully saturated rings. The average Bonchev–Trinajstić information content (AvgIpc) is 2.34. The molecule has 0 atom stereocenters. The highest BCUT2D eigenvalue weighted by Crippen LogP contribution is 2.24. The largest absolute Gasteiger partial charge is 0.422 e. The van der Waals surface area contributed by atoms with Crippen LogP contribution < -0.4 is 5.73 Å². The van der Waals surface area contributed by atoms with E-state index in [0.29, 0.717) is 35.2 Å². The summed E-state index contributed by atoms with van der Waals surface area (Å²) in [5, 5.41) is 0. The molecule has 0 heterocycles. The first-order valence-electron chi connectivity index (χ1n) is 5.88. The molecule has 0 unspecified atom stereocenters. The molecule has 0 saturated carbocycles. The van der Waals surface area contributed by atoms with Crippen molar-refractivity contribution < 1.29 is 18.0 Å². The maximum absolute atomic E-state index is 11.7. The number of nitrogens with two attached hydrogens (primary N) is 1. The van der Waals surface area contributed by atoms with Crippen LogP contribution in [0.1, 0.15) is 39.5 Å². The monoisotopic (exact) mass is 296 g/mol. The van der Waals surface area contributed by atoms with Crippen molar-refractivity contribution in [3.05, 3.63) is 0 Å². The van der Waals surface area contributed by atoms with E-state index in [-0.39, 0.29) is 0 Å². The fourth-order valence-electron chi connectivity index (χ4n) is 1.14. The summed E-state index contributed by atoms with van der Waals surface area (Å²) in [6.07, 6.45) is 2.58. The van der Waals surface area contributed by atoms with Gasteiger partial charge in [0.25, 0.3) is 0 Å². The number of rotatable bonds is 9. The molecule has 0 aromatic heterocycles. The van der Waals surface area contributed by atoms with E-state index < -0.39 is 12.2 Å². The fourth-order valence-corrected chi connectivity index (χ4v) is 1.96. The molecule has 106 valence electrons. The second-order valence-electron chi connectivity index (χ2n) is 3.58. The normalized spacial score (nSPS) is 9.89. The second-order valence-corrected chi connectivity index (χ2v) is 5.00. The number of hydrogen-bond donors (Lipinski definition) is 1. The van der Waals surface area contributed by atoms with Crippen LogP contribution in [0.25, 0.3) is 0 Å². The highest BCUT2D eigenvalue weighted by atomic mass is 33.1. The molecule has 0 aromatic carbocycles. The summed E-state index contributed by atoms with van der Waals surface area (Å²) >= 11 is 1.31. The molecule has 0 spiro atoms. The quantitative estimate of drug-likeness (QED) is 0.399. The van der Waals surface area contributed by atoms with Crippen LogP contribution >= 0.6 is 22.1 Å². The molecule has 0 radical (unpaired) electrons. The number of primary amides is 1. The van der Waals surface area contributed by atoms with Gasteiger partial charge in [-0.05, 0) is 12.8 Å². The summed E-state index contributed by atoms with van der Waals surface area (Å²) in [4.78, 5) is 23.6. The van der Waals surface area contributed by atoms with Gasteiger partial charge in [0.2, 0.25) is 0 Å². The highest BCUT2D eigenvalue weighted by Gasteiger charge is 2.15. The topological polar surface area (TPSA) is 81.9 Å². The summed E-state index contributed by atoms with van der Waals surface area (Å²) in [6.45, 7) is 5.48. The van der Waals surface area contributed by atoms with Crippen LogP contribution in [0.15, 0.2) is 0 Å². The SMILES string of the molecule is CCCCN(CCCC)C(=O)OSSOC(N)=O. The molecular weight excluding hydrogens is 276 g/mol. The molecule has 0 saturated heterocycles. The van der Waals surface area contributed by atoms with Crippen molar-refractivity contribution in [3.8, 4) is 0 Å². The van der Waals surface area contributed by atoms with E-state index in [2.05, 4.69) is 18.0 Å². The second kappa shape index (κ2) is 11.3. The zero-order chi connectivity index (χ0) is 13.8. The van der Waals surface area contributed by atoms with Crippen LogP contribution in [-0.4, -0.2) is 30.2 Å². The van der Waals surface area contributed by atoms with Crippen LogP contribution in [-0.2, 0) is 8.37 Å². The van der Waals surface area contributed by atoms with Crippen LogP contribution in [0.2, 0.25) is 0 Å². The smallest absolute Gasteiger partial charge is 0.360 e. The molecule has 0 rings (SSSR count). The van der Waals surface area contributed by atoms with Crippen LogP contribution in [0.5, 0.6) is 0 Å². The lowest BCUT2D eigenvalue weighted by Crippen LogP contribution is -2.32. The average molecular weight is 296 g/mol. The van der Waals surface area contributed by atoms with Crippen molar-refractivity contribution in [2.75, 3.05) is 13.1 Å². The van der Waals surface area contributed by atoms with Gasteiger partial charge >= 0.3 is 12.2 Å². The van der Waals surface area contributed by atoms with Crippen molar-refractivity contribution in [1.82, 2.24) is 4.90 Å². The van der Waals surface area contributed by atoms with Gasteiger partial charge in [0.05, 0.1) is 0 Å². The number of carbonyl (C=O) groups is 2. The Bertz CT molecular complexity index is 246. The number of hydrogen-bond acceptors (Lipinski definition) is 6. The highest BCUT2D eigenvalue weighted by molar-refractivity contribution is 8.73. The van der Waals surface area contributed by atoms with Gasteiger partial charge in [-0.25, -0.2) is 9.59 Å². The van der Waals surface area contributed by atoms with Gasteiger partial charge in [0.1, 0.15) is 0 Å². The first-order valence-corrected chi connectivity index (χ1v) is 7.88. The van der Waals surface area contributed by atoms with E-state index in [1.165, 1.54) is 0 Å². The first-order chi connectivity index (χ1) is 8.61. The number of carbonyl (C=O) groups excluding carboxylic acids is 2. The first kappa shape index (κ1) is 17.2. The van der Waals surface area contributed by atoms with Crippen molar-refractivity contribution in [3.63, 3.8) is 0 Å². The molecular formula is C10H20N2O4S2. The Morgan fingerprint density at radius 2 is 1.56 bits per heavy atom. The Balaban J connectivity index is 3.91. The van der Waals surface area contributed by atoms with Gasteiger partial charge in [0.15, 0.2) is 22.1 Å². The molecule has 0 aliphatic heterocycles. The van der Waals surface area contributed by atoms with Crippen LogP contribution in [0.4, 0.5) is 9.59 Å². The van der Waals surface area contributed by atoms with Gasteiger partial charge in [-0.1, -0.05) is 26.7 Å². The maximum Gasteiger partial charge on any atom is 0.422 e. The van der Waals surface area contributed by atoms with E-state index in [9.17, 15) is 9.59 Å². The third-order valence-corrected chi connectivity index (χ3v) is 3.14. The standard InChI is InChI=1S/C10H20N2O4S2/c1-3-5-7-12(8-6-4-2)10(14)16-18-17-15-9(11)13/h3-8H2,1-2H3,(H2,11,13). The Kier molecular flexibility index (Phi) is 10.9. The lowest BCUT2D eigenvalue weighted by molar-refractivity contribution is 0.159. The van der Waals surface area contributed by atoms with Crippen LogP contribution in [0.3, 0.4) is 0 Å².